The number of aryl methyl sites for hydroxylation is 1. The third kappa shape index (κ3) is 3.93. The Kier molecular flexibility index (Phi) is 5.30. The lowest BCUT2D eigenvalue weighted by atomic mass is 10.2. The highest BCUT2D eigenvalue weighted by atomic mass is 19.3. The van der Waals surface area contributed by atoms with Gasteiger partial charge in [0.05, 0.1) is 24.0 Å². The second kappa shape index (κ2) is 8.27. The number of rotatable bonds is 5. The summed E-state index contributed by atoms with van der Waals surface area (Å²) in [6.45, 7) is 8.14. The topological polar surface area (TPSA) is 76.1 Å². The third-order valence-corrected chi connectivity index (χ3v) is 5.88. The van der Waals surface area contributed by atoms with Crippen molar-refractivity contribution in [1.82, 2.24) is 29.6 Å². The average molecular weight is 439 g/mol. The van der Waals surface area contributed by atoms with Gasteiger partial charge in [0, 0.05) is 49.7 Å². The summed E-state index contributed by atoms with van der Waals surface area (Å²) in [6, 6.07) is 5.38. The lowest BCUT2D eigenvalue weighted by Crippen LogP contribution is -2.46. The Morgan fingerprint density at radius 3 is 2.66 bits per heavy atom. The molecule has 8 nitrogen and oxygen atoms in total. The van der Waals surface area contributed by atoms with Gasteiger partial charge in [0.1, 0.15) is 17.7 Å². The number of anilines is 1. The highest BCUT2D eigenvalue weighted by molar-refractivity contribution is 5.75. The molecule has 32 heavy (non-hydrogen) atoms. The van der Waals surface area contributed by atoms with Crippen LogP contribution in [0, 0.1) is 13.8 Å². The van der Waals surface area contributed by atoms with Gasteiger partial charge in [0.2, 0.25) is 5.89 Å². The first kappa shape index (κ1) is 20.5. The molecule has 5 rings (SSSR count). The standard InChI is InChI=1S/C22H23F2N7O/c1-14-15(2)25-13-26-22(14)30-7-5-29(6-8-30)12-20-28-18-4-3-17(9-19(18)32-20)31-11-16(10-27-31)21(23)24/h3-4,9-11,13,21H,5-8,12H2,1-2H3. The first-order chi connectivity index (χ1) is 15.5. The molecule has 0 radical (unpaired) electrons. The Morgan fingerprint density at radius 2 is 1.91 bits per heavy atom. The Balaban J connectivity index is 1.26. The molecule has 1 aromatic carbocycles. The van der Waals surface area contributed by atoms with Gasteiger partial charge in [-0.15, -0.1) is 0 Å². The number of halogens is 2. The molecule has 0 amide bonds. The Morgan fingerprint density at radius 1 is 1.09 bits per heavy atom. The van der Waals surface area contributed by atoms with E-state index >= 15 is 0 Å². The maximum Gasteiger partial charge on any atom is 0.266 e. The molecule has 3 aromatic heterocycles. The number of oxazole rings is 1. The summed E-state index contributed by atoms with van der Waals surface area (Å²) in [5, 5.41) is 4.01. The van der Waals surface area contributed by atoms with Gasteiger partial charge in [-0.1, -0.05) is 0 Å². The second-order valence-corrected chi connectivity index (χ2v) is 7.95. The molecule has 0 atom stereocenters. The van der Waals surface area contributed by atoms with Crippen molar-refractivity contribution in [3.05, 3.63) is 59.6 Å². The van der Waals surface area contributed by atoms with Crippen LogP contribution < -0.4 is 4.90 Å². The molecule has 1 aliphatic heterocycles. The van der Waals surface area contributed by atoms with Crippen molar-refractivity contribution in [2.24, 2.45) is 0 Å². The smallest absolute Gasteiger partial charge is 0.266 e. The van der Waals surface area contributed by atoms with Crippen LogP contribution in [0.25, 0.3) is 16.8 Å². The van der Waals surface area contributed by atoms with Gasteiger partial charge in [0.25, 0.3) is 6.43 Å². The van der Waals surface area contributed by atoms with Crippen molar-refractivity contribution in [2.75, 3.05) is 31.1 Å². The van der Waals surface area contributed by atoms with Gasteiger partial charge in [-0.2, -0.15) is 5.10 Å². The number of fused-ring (bicyclic) bond motifs is 1. The summed E-state index contributed by atoms with van der Waals surface area (Å²) < 4.78 is 33.0. The number of alkyl halides is 2. The molecule has 10 heteroatoms. The van der Waals surface area contributed by atoms with Gasteiger partial charge in [-0.25, -0.2) is 28.4 Å². The zero-order valence-electron chi connectivity index (χ0n) is 17.9. The molecule has 1 saturated heterocycles. The van der Waals surface area contributed by atoms with Gasteiger partial charge < -0.3 is 9.32 Å². The van der Waals surface area contributed by atoms with Crippen LogP contribution in [0.5, 0.6) is 0 Å². The average Bonchev–Trinajstić information content (AvgIpc) is 3.43. The van der Waals surface area contributed by atoms with Crippen molar-refractivity contribution in [3.8, 4) is 5.69 Å². The van der Waals surface area contributed by atoms with Crippen molar-refractivity contribution < 1.29 is 13.2 Å². The van der Waals surface area contributed by atoms with Crippen LogP contribution in [-0.4, -0.2) is 55.8 Å². The van der Waals surface area contributed by atoms with E-state index in [0.717, 1.165) is 48.8 Å². The summed E-state index contributed by atoms with van der Waals surface area (Å²) in [5.74, 6) is 1.63. The zero-order chi connectivity index (χ0) is 22.2. The van der Waals surface area contributed by atoms with E-state index in [4.69, 9.17) is 4.42 Å². The maximum atomic E-state index is 12.8. The Labute approximate surface area is 183 Å². The fourth-order valence-corrected chi connectivity index (χ4v) is 3.92. The van der Waals surface area contributed by atoms with Crippen LogP contribution in [0.15, 0.2) is 41.3 Å². The number of piperazine rings is 1. The van der Waals surface area contributed by atoms with E-state index in [0.29, 0.717) is 23.7 Å². The van der Waals surface area contributed by atoms with Crippen molar-refractivity contribution in [1.29, 1.82) is 0 Å². The minimum Gasteiger partial charge on any atom is -0.439 e. The van der Waals surface area contributed by atoms with Crippen LogP contribution in [0.2, 0.25) is 0 Å². The van der Waals surface area contributed by atoms with E-state index in [1.807, 2.05) is 13.0 Å². The highest BCUT2D eigenvalue weighted by Gasteiger charge is 2.22. The van der Waals surface area contributed by atoms with Gasteiger partial charge in [-0.05, 0) is 26.0 Å². The van der Waals surface area contributed by atoms with E-state index in [1.54, 1.807) is 18.5 Å². The van der Waals surface area contributed by atoms with Gasteiger partial charge >= 0.3 is 0 Å². The molecule has 4 heterocycles. The largest absolute Gasteiger partial charge is 0.439 e. The minimum atomic E-state index is -2.55. The summed E-state index contributed by atoms with van der Waals surface area (Å²) in [4.78, 5) is 17.9. The number of hydrogen-bond donors (Lipinski definition) is 0. The highest BCUT2D eigenvalue weighted by Crippen LogP contribution is 2.24. The normalized spacial score (nSPS) is 15.2. The van der Waals surface area contributed by atoms with Crippen molar-refractivity contribution >= 4 is 16.9 Å². The fraction of sp³-hybridized carbons (Fsp3) is 0.364. The van der Waals surface area contributed by atoms with E-state index in [-0.39, 0.29) is 5.56 Å². The predicted octanol–water partition coefficient (Wildman–Crippen LogP) is 3.68. The third-order valence-electron chi connectivity index (χ3n) is 5.88. The maximum absolute atomic E-state index is 12.8. The monoisotopic (exact) mass is 439 g/mol. The molecule has 0 N–H and O–H groups in total. The van der Waals surface area contributed by atoms with Gasteiger partial charge in [-0.3, -0.25) is 4.90 Å². The molecule has 1 aliphatic rings. The van der Waals surface area contributed by atoms with Crippen LogP contribution >= 0.6 is 0 Å². The summed E-state index contributed by atoms with van der Waals surface area (Å²) in [7, 11) is 0. The predicted molar refractivity (Wildman–Crippen MR) is 115 cm³/mol. The first-order valence-corrected chi connectivity index (χ1v) is 10.5. The second-order valence-electron chi connectivity index (χ2n) is 7.95. The molecule has 0 spiro atoms. The molecule has 0 aliphatic carbocycles. The van der Waals surface area contributed by atoms with E-state index < -0.39 is 6.43 Å². The quantitative estimate of drug-likeness (QED) is 0.470. The fourth-order valence-electron chi connectivity index (χ4n) is 3.92. The molecule has 0 saturated carbocycles. The summed E-state index contributed by atoms with van der Waals surface area (Å²) in [5.41, 5.74) is 4.00. The molecule has 4 aromatic rings. The molecule has 166 valence electrons. The van der Waals surface area contributed by atoms with Crippen LogP contribution in [0.4, 0.5) is 14.6 Å². The molecular formula is C22H23F2N7O. The molecule has 0 unspecified atom stereocenters. The zero-order valence-corrected chi connectivity index (χ0v) is 17.9. The SMILES string of the molecule is Cc1ncnc(N2CCN(Cc3nc4ccc(-n5cc(C(F)F)cn5)cc4o3)CC2)c1C. The Bertz CT molecular complexity index is 1240. The first-order valence-electron chi connectivity index (χ1n) is 10.5. The lowest BCUT2D eigenvalue weighted by Gasteiger charge is -2.35. The van der Waals surface area contributed by atoms with E-state index in [2.05, 4.69) is 36.8 Å². The number of hydrogen-bond acceptors (Lipinski definition) is 7. The van der Waals surface area contributed by atoms with Gasteiger partial charge in [0.15, 0.2) is 5.58 Å². The molecule has 0 bridgehead atoms. The number of nitrogens with zero attached hydrogens (tertiary/aromatic N) is 7. The van der Waals surface area contributed by atoms with E-state index in [9.17, 15) is 8.78 Å². The minimum absolute atomic E-state index is 0.116. The van der Waals surface area contributed by atoms with Crippen LogP contribution in [0.1, 0.15) is 29.1 Å². The van der Waals surface area contributed by atoms with Crippen LogP contribution in [0.3, 0.4) is 0 Å². The number of benzene rings is 1. The molecular weight excluding hydrogens is 416 g/mol. The lowest BCUT2D eigenvalue weighted by molar-refractivity contribution is 0.151. The van der Waals surface area contributed by atoms with Crippen molar-refractivity contribution in [3.63, 3.8) is 0 Å². The van der Waals surface area contributed by atoms with Crippen LogP contribution in [-0.2, 0) is 6.54 Å². The van der Waals surface area contributed by atoms with E-state index in [1.165, 1.54) is 17.1 Å². The number of aromatic nitrogens is 5. The Hall–Kier alpha value is -3.40. The summed E-state index contributed by atoms with van der Waals surface area (Å²) >= 11 is 0. The summed E-state index contributed by atoms with van der Waals surface area (Å²) in [6.07, 6.45) is 1.56. The molecule has 1 fully saturated rings. The van der Waals surface area contributed by atoms with Crippen molar-refractivity contribution in [2.45, 2.75) is 26.8 Å².